The standard InChI is InChI=1S/C16H22N2O5S/c1-18(2)16(20)10-12-8-9-14(15(11-19)23-12)17-24(21,22)13-6-4-3-5-7-13/h3-9,12,14-15,17,19H,10-11H2,1-2H3/t12-,14-,15-/m1/s1. The molecule has 3 atom stereocenters. The number of nitrogens with one attached hydrogen (secondary N) is 1. The predicted molar refractivity (Wildman–Crippen MR) is 88.7 cm³/mol. The van der Waals surface area contributed by atoms with Crippen LogP contribution in [0, 0.1) is 0 Å². The highest BCUT2D eigenvalue weighted by Gasteiger charge is 2.31. The maximum absolute atomic E-state index is 12.4. The lowest BCUT2D eigenvalue weighted by molar-refractivity contribution is -0.132. The minimum atomic E-state index is -3.72. The molecule has 0 spiro atoms. The van der Waals surface area contributed by atoms with Gasteiger partial charge in [0.25, 0.3) is 0 Å². The summed E-state index contributed by atoms with van der Waals surface area (Å²) in [7, 11) is -0.428. The molecule has 0 aromatic heterocycles. The molecule has 1 amide bonds. The van der Waals surface area contributed by atoms with Crippen molar-refractivity contribution in [2.75, 3.05) is 20.7 Å². The van der Waals surface area contributed by atoms with E-state index < -0.39 is 28.3 Å². The molecule has 0 aliphatic carbocycles. The third kappa shape index (κ3) is 4.64. The molecular weight excluding hydrogens is 332 g/mol. The van der Waals surface area contributed by atoms with Crippen LogP contribution in [-0.4, -0.2) is 63.3 Å². The monoisotopic (exact) mass is 354 g/mol. The van der Waals surface area contributed by atoms with E-state index in [0.717, 1.165) is 0 Å². The zero-order valence-corrected chi connectivity index (χ0v) is 14.4. The highest BCUT2D eigenvalue weighted by atomic mass is 32.2. The molecule has 0 unspecified atom stereocenters. The SMILES string of the molecule is CN(C)C(=O)C[C@H]1C=C[C@@H](NS(=O)(=O)c2ccccc2)[C@@H](CO)O1. The second-order valence-corrected chi connectivity index (χ2v) is 7.45. The molecular formula is C16H22N2O5S. The Hall–Kier alpha value is -1.74. The van der Waals surface area contributed by atoms with Crippen molar-refractivity contribution in [1.29, 1.82) is 0 Å². The summed E-state index contributed by atoms with van der Waals surface area (Å²) >= 11 is 0. The highest BCUT2D eigenvalue weighted by Crippen LogP contribution is 2.18. The number of nitrogens with zero attached hydrogens (tertiary/aromatic N) is 1. The van der Waals surface area contributed by atoms with Crippen molar-refractivity contribution in [2.45, 2.75) is 29.6 Å². The van der Waals surface area contributed by atoms with E-state index in [9.17, 15) is 18.3 Å². The van der Waals surface area contributed by atoms with Gasteiger partial charge in [-0.2, -0.15) is 0 Å². The van der Waals surface area contributed by atoms with Gasteiger partial charge < -0.3 is 14.7 Å². The number of aliphatic hydroxyl groups is 1. The van der Waals surface area contributed by atoms with Gasteiger partial charge in [0, 0.05) is 14.1 Å². The molecule has 1 aromatic rings. The summed E-state index contributed by atoms with van der Waals surface area (Å²) in [4.78, 5) is 13.3. The largest absolute Gasteiger partial charge is 0.394 e. The van der Waals surface area contributed by atoms with Crippen molar-refractivity contribution >= 4 is 15.9 Å². The fourth-order valence-electron chi connectivity index (χ4n) is 2.31. The minimum Gasteiger partial charge on any atom is -0.394 e. The lowest BCUT2D eigenvalue weighted by atomic mass is 10.1. The van der Waals surface area contributed by atoms with E-state index >= 15 is 0 Å². The number of benzene rings is 1. The van der Waals surface area contributed by atoms with Gasteiger partial charge in [-0.15, -0.1) is 0 Å². The van der Waals surface area contributed by atoms with Gasteiger partial charge in [-0.3, -0.25) is 4.79 Å². The molecule has 0 saturated carbocycles. The van der Waals surface area contributed by atoms with Gasteiger partial charge >= 0.3 is 0 Å². The van der Waals surface area contributed by atoms with Gasteiger partial charge in [0.2, 0.25) is 15.9 Å². The van der Waals surface area contributed by atoms with E-state index in [1.807, 2.05) is 0 Å². The topological polar surface area (TPSA) is 95.9 Å². The van der Waals surface area contributed by atoms with Crippen LogP contribution in [0.3, 0.4) is 0 Å². The molecule has 7 nitrogen and oxygen atoms in total. The number of aliphatic hydroxyl groups excluding tert-OH is 1. The highest BCUT2D eigenvalue weighted by molar-refractivity contribution is 7.89. The molecule has 8 heteroatoms. The van der Waals surface area contributed by atoms with Crippen LogP contribution in [0.2, 0.25) is 0 Å². The summed E-state index contributed by atoms with van der Waals surface area (Å²) in [6.07, 6.45) is 2.16. The molecule has 0 saturated heterocycles. The average molecular weight is 354 g/mol. The van der Waals surface area contributed by atoms with Crippen LogP contribution in [0.4, 0.5) is 0 Å². The second-order valence-electron chi connectivity index (χ2n) is 5.73. The summed E-state index contributed by atoms with van der Waals surface area (Å²) in [5.41, 5.74) is 0. The summed E-state index contributed by atoms with van der Waals surface area (Å²) in [5, 5.41) is 9.50. The first kappa shape index (κ1) is 18.6. The fourth-order valence-corrected chi connectivity index (χ4v) is 3.55. The maximum atomic E-state index is 12.4. The van der Waals surface area contributed by atoms with Crippen LogP contribution >= 0.6 is 0 Å². The Kier molecular flexibility index (Phi) is 6.11. The van der Waals surface area contributed by atoms with Crippen LogP contribution in [0.1, 0.15) is 6.42 Å². The zero-order valence-electron chi connectivity index (χ0n) is 13.6. The van der Waals surface area contributed by atoms with Gasteiger partial charge in [0.1, 0.15) is 6.10 Å². The zero-order chi connectivity index (χ0) is 17.7. The van der Waals surface area contributed by atoms with Crippen LogP contribution in [-0.2, 0) is 19.6 Å². The van der Waals surface area contributed by atoms with Crippen molar-refractivity contribution < 1.29 is 23.1 Å². The number of sulfonamides is 1. The first-order chi connectivity index (χ1) is 11.3. The molecule has 0 radical (unpaired) electrons. The minimum absolute atomic E-state index is 0.107. The third-order valence-corrected chi connectivity index (χ3v) is 5.16. The van der Waals surface area contributed by atoms with E-state index in [-0.39, 0.29) is 23.8 Å². The maximum Gasteiger partial charge on any atom is 0.241 e. The normalized spacial score (nSPS) is 23.9. The second kappa shape index (κ2) is 7.89. The first-order valence-corrected chi connectivity index (χ1v) is 9.04. The number of ether oxygens (including phenoxy) is 1. The molecule has 2 N–H and O–H groups in total. The van der Waals surface area contributed by atoms with E-state index in [1.165, 1.54) is 17.0 Å². The Labute approximate surface area is 142 Å². The Morgan fingerprint density at radius 1 is 1.25 bits per heavy atom. The molecule has 1 aliphatic heterocycles. The van der Waals surface area contributed by atoms with Crippen LogP contribution < -0.4 is 4.72 Å². The van der Waals surface area contributed by atoms with Crippen LogP contribution in [0.5, 0.6) is 0 Å². The Bertz CT molecular complexity index is 688. The number of rotatable bonds is 6. The molecule has 1 aliphatic rings. The van der Waals surface area contributed by atoms with Gasteiger partial charge in [-0.1, -0.05) is 30.4 Å². The number of carbonyl (C=O) groups excluding carboxylic acids is 1. The fraction of sp³-hybridized carbons (Fsp3) is 0.438. The number of amides is 1. The van der Waals surface area contributed by atoms with Gasteiger partial charge in [-0.05, 0) is 12.1 Å². The van der Waals surface area contributed by atoms with Crippen molar-refractivity contribution in [3.8, 4) is 0 Å². The Morgan fingerprint density at radius 2 is 1.92 bits per heavy atom. The average Bonchev–Trinajstić information content (AvgIpc) is 2.56. The van der Waals surface area contributed by atoms with E-state index in [0.29, 0.717) is 0 Å². The van der Waals surface area contributed by atoms with Gasteiger partial charge in [-0.25, -0.2) is 13.1 Å². The van der Waals surface area contributed by atoms with E-state index in [2.05, 4.69) is 4.72 Å². The van der Waals surface area contributed by atoms with Crippen LogP contribution in [0.15, 0.2) is 47.4 Å². The predicted octanol–water partition coefficient (Wildman–Crippen LogP) is 0.128. The number of hydrogen-bond donors (Lipinski definition) is 2. The molecule has 1 heterocycles. The van der Waals surface area contributed by atoms with Crippen molar-refractivity contribution in [3.63, 3.8) is 0 Å². The molecule has 0 fully saturated rings. The summed E-state index contributed by atoms with van der Waals surface area (Å²) in [5.74, 6) is -0.107. The lowest BCUT2D eigenvalue weighted by Crippen LogP contribution is -2.48. The molecule has 1 aromatic carbocycles. The first-order valence-electron chi connectivity index (χ1n) is 7.55. The molecule has 24 heavy (non-hydrogen) atoms. The van der Waals surface area contributed by atoms with Crippen molar-refractivity contribution in [3.05, 3.63) is 42.5 Å². The van der Waals surface area contributed by atoms with Crippen molar-refractivity contribution in [2.24, 2.45) is 0 Å². The summed E-state index contributed by atoms with van der Waals surface area (Å²) in [6, 6.07) is 7.27. The van der Waals surface area contributed by atoms with Crippen LogP contribution in [0.25, 0.3) is 0 Å². The van der Waals surface area contributed by atoms with Gasteiger partial charge in [0.05, 0.1) is 30.1 Å². The summed E-state index contributed by atoms with van der Waals surface area (Å²) < 4.78 is 32.9. The lowest BCUT2D eigenvalue weighted by Gasteiger charge is -2.31. The van der Waals surface area contributed by atoms with Gasteiger partial charge in [0.15, 0.2) is 0 Å². The van der Waals surface area contributed by atoms with E-state index in [1.54, 1.807) is 44.4 Å². The number of carbonyl (C=O) groups is 1. The smallest absolute Gasteiger partial charge is 0.241 e. The number of hydrogen-bond acceptors (Lipinski definition) is 5. The quantitative estimate of drug-likeness (QED) is 0.708. The van der Waals surface area contributed by atoms with E-state index in [4.69, 9.17) is 4.74 Å². The molecule has 132 valence electrons. The Balaban J connectivity index is 2.09. The molecule has 0 bridgehead atoms. The van der Waals surface area contributed by atoms with Crippen molar-refractivity contribution in [1.82, 2.24) is 9.62 Å². The Morgan fingerprint density at radius 3 is 2.50 bits per heavy atom. The molecule has 2 rings (SSSR count). The third-order valence-electron chi connectivity index (χ3n) is 3.68. The summed E-state index contributed by atoms with van der Waals surface area (Å²) in [6.45, 7) is -0.362.